The molecule has 2 aromatic heterocycles. The van der Waals surface area contributed by atoms with Gasteiger partial charge in [0, 0.05) is 43.5 Å². The summed E-state index contributed by atoms with van der Waals surface area (Å²) in [5.41, 5.74) is 3.76. The molecule has 0 spiro atoms. The lowest BCUT2D eigenvalue weighted by Crippen LogP contribution is -2.50. The van der Waals surface area contributed by atoms with E-state index in [0.717, 1.165) is 33.8 Å². The lowest BCUT2D eigenvalue weighted by molar-refractivity contribution is -0.0504. The first-order valence-electron chi connectivity index (χ1n) is 13.3. The maximum atomic E-state index is 12.9. The van der Waals surface area contributed by atoms with Gasteiger partial charge in [0.2, 0.25) is 0 Å². The Morgan fingerprint density at radius 1 is 1.00 bits per heavy atom. The van der Waals surface area contributed by atoms with E-state index >= 15 is 0 Å². The largest absolute Gasteiger partial charge is 0.444 e. The molecule has 2 aromatic carbocycles. The van der Waals surface area contributed by atoms with Gasteiger partial charge in [-0.25, -0.2) is 14.8 Å². The van der Waals surface area contributed by atoms with Crippen LogP contribution in [0.5, 0.6) is 5.75 Å². The Labute approximate surface area is 232 Å². The highest BCUT2D eigenvalue weighted by molar-refractivity contribution is 5.83. The number of carbonyl (C=O) groups excluding carboxylic acids is 1. The van der Waals surface area contributed by atoms with Gasteiger partial charge in [0.1, 0.15) is 23.0 Å². The fourth-order valence-electron chi connectivity index (χ4n) is 4.83. The Kier molecular flexibility index (Phi) is 7.60. The number of nitrogens with zero attached hydrogens (tertiary/aromatic N) is 5. The van der Waals surface area contributed by atoms with E-state index in [9.17, 15) is 13.6 Å². The Balaban J connectivity index is 1.32. The summed E-state index contributed by atoms with van der Waals surface area (Å²) in [7, 11) is 0. The van der Waals surface area contributed by atoms with Gasteiger partial charge >= 0.3 is 12.7 Å². The maximum Gasteiger partial charge on any atom is 0.410 e. The zero-order valence-corrected chi connectivity index (χ0v) is 23.1. The smallest absolute Gasteiger partial charge is 0.410 e. The number of benzene rings is 2. The summed E-state index contributed by atoms with van der Waals surface area (Å²) >= 11 is 0. The molecule has 40 heavy (non-hydrogen) atoms. The third-order valence-corrected chi connectivity index (χ3v) is 6.79. The first kappa shape index (κ1) is 27.4. The minimum Gasteiger partial charge on any atom is -0.444 e. The molecule has 0 aliphatic carbocycles. The van der Waals surface area contributed by atoms with E-state index in [1.54, 1.807) is 29.2 Å². The molecule has 0 unspecified atom stereocenters. The molecule has 5 rings (SSSR count). The molecule has 10 heteroatoms. The van der Waals surface area contributed by atoms with E-state index in [4.69, 9.17) is 14.5 Å². The summed E-state index contributed by atoms with van der Waals surface area (Å²) < 4.78 is 38.1. The number of hydrogen-bond acceptors (Lipinski definition) is 6. The van der Waals surface area contributed by atoms with E-state index in [-0.39, 0.29) is 11.8 Å². The molecule has 4 aromatic rings. The number of piperazine rings is 1. The highest BCUT2D eigenvalue weighted by Crippen LogP contribution is 2.29. The molecular formula is C30H33F2N5O3. The Morgan fingerprint density at radius 3 is 2.40 bits per heavy atom. The molecular weight excluding hydrogens is 516 g/mol. The second-order valence-electron chi connectivity index (χ2n) is 10.8. The fourth-order valence-corrected chi connectivity index (χ4v) is 4.83. The van der Waals surface area contributed by atoms with E-state index in [2.05, 4.69) is 9.88 Å². The van der Waals surface area contributed by atoms with Crippen molar-refractivity contribution in [2.45, 2.75) is 46.5 Å². The van der Waals surface area contributed by atoms with Crippen LogP contribution in [-0.2, 0) is 11.3 Å². The van der Waals surface area contributed by atoms with Gasteiger partial charge in [-0.3, -0.25) is 0 Å². The third kappa shape index (κ3) is 6.16. The first-order chi connectivity index (χ1) is 19.1. The van der Waals surface area contributed by atoms with Crippen molar-refractivity contribution in [2.24, 2.45) is 0 Å². The molecule has 0 saturated carbocycles. The molecule has 1 amide bonds. The number of pyridine rings is 1. The van der Waals surface area contributed by atoms with Crippen molar-refractivity contribution in [3.63, 3.8) is 0 Å². The molecule has 0 radical (unpaired) electrons. The number of hydrogen-bond donors (Lipinski definition) is 0. The van der Waals surface area contributed by atoms with Crippen LogP contribution in [0.25, 0.3) is 22.2 Å². The van der Waals surface area contributed by atoms with Crippen molar-refractivity contribution in [3.8, 4) is 16.9 Å². The van der Waals surface area contributed by atoms with Crippen LogP contribution < -0.4 is 9.64 Å². The Morgan fingerprint density at radius 2 is 1.73 bits per heavy atom. The van der Waals surface area contributed by atoms with E-state index in [1.165, 1.54) is 0 Å². The monoisotopic (exact) mass is 549 g/mol. The summed E-state index contributed by atoms with van der Waals surface area (Å²) in [6, 6.07) is 16.8. The second-order valence-corrected chi connectivity index (χ2v) is 10.8. The van der Waals surface area contributed by atoms with Gasteiger partial charge in [-0.05, 0) is 63.6 Å². The quantitative estimate of drug-likeness (QED) is 0.289. The number of alkyl halides is 2. The maximum absolute atomic E-state index is 12.9. The van der Waals surface area contributed by atoms with Crippen LogP contribution in [-0.4, -0.2) is 63.9 Å². The fraction of sp³-hybridized carbons (Fsp3) is 0.367. The molecule has 0 bridgehead atoms. The van der Waals surface area contributed by atoms with Crippen LogP contribution in [0.15, 0.2) is 60.8 Å². The van der Waals surface area contributed by atoms with Crippen LogP contribution in [0, 0.1) is 6.92 Å². The zero-order valence-electron chi connectivity index (χ0n) is 23.1. The zero-order chi connectivity index (χ0) is 28.4. The number of halogens is 2. The topological polar surface area (TPSA) is 72.7 Å². The van der Waals surface area contributed by atoms with Gasteiger partial charge in [-0.1, -0.05) is 24.3 Å². The number of para-hydroxylation sites is 1. The second kappa shape index (κ2) is 11.1. The molecule has 8 nitrogen and oxygen atoms in total. The van der Waals surface area contributed by atoms with Gasteiger partial charge in [0.25, 0.3) is 0 Å². The molecule has 0 atom stereocenters. The van der Waals surface area contributed by atoms with Crippen molar-refractivity contribution in [1.82, 2.24) is 19.4 Å². The molecule has 210 valence electrons. The summed E-state index contributed by atoms with van der Waals surface area (Å²) in [5.74, 6) is 1.78. The van der Waals surface area contributed by atoms with Gasteiger partial charge in [0.15, 0.2) is 0 Å². The van der Waals surface area contributed by atoms with Gasteiger partial charge in [-0.15, -0.1) is 0 Å². The molecule has 1 aliphatic rings. The number of ether oxygens (including phenoxy) is 2. The highest BCUT2D eigenvalue weighted by atomic mass is 19.3. The van der Waals surface area contributed by atoms with Gasteiger partial charge < -0.3 is 23.8 Å². The van der Waals surface area contributed by atoms with Crippen molar-refractivity contribution in [1.29, 1.82) is 0 Å². The molecule has 3 heterocycles. The number of anilines is 1. The number of aryl methyl sites for hydroxylation is 1. The number of aromatic nitrogens is 3. The lowest BCUT2D eigenvalue weighted by atomic mass is 10.1. The van der Waals surface area contributed by atoms with Crippen LogP contribution in [0.1, 0.15) is 32.2 Å². The number of amides is 1. The number of carbonyl (C=O) groups is 1. The normalized spacial score (nSPS) is 14.2. The number of fused-ring (bicyclic) bond motifs is 1. The SMILES string of the molecule is Cc1nc2ccc(-c3ccc(N4CCN(C(=O)OC(C)(C)C)CC4)nc3)cc2n1Cc1ccccc1OC(F)F. The predicted molar refractivity (Wildman–Crippen MR) is 150 cm³/mol. The van der Waals surface area contributed by atoms with E-state index in [0.29, 0.717) is 38.3 Å². The van der Waals surface area contributed by atoms with Crippen molar-refractivity contribution >= 4 is 22.9 Å². The summed E-state index contributed by atoms with van der Waals surface area (Å²) in [6.45, 7) is 7.44. The Bertz CT molecular complexity index is 1490. The minimum absolute atomic E-state index is 0.154. The lowest BCUT2D eigenvalue weighted by Gasteiger charge is -2.36. The van der Waals surface area contributed by atoms with Crippen molar-refractivity contribution in [2.75, 3.05) is 31.1 Å². The van der Waals surface area contributed by atoms with E-state index in [1.807, 2.05) is 68.8 Å². The summed E-state index contributed by atoms with van der Waals surface area (Å²) in [5, 5.41) is 0. The molecule has 0 N–H and O–H groups in total. The van der Waals surface area contributed by atoms with Crippen molar-refractivity contribution < 1.29 is 23.0 Å². The van der Waals surface area contributed by atoms with Crippen molar-refractivity contribution in [3.05, 3.63) is 72.2 Å². The van der Waals surface area contributed by atoms with Crippen LogP contribution in [0.4, 0.5) is 19.4 Å². The molecule has 1 fully saturated rings. The van der Waals surface area contributed by atoms with Crippen LogP contribution >= 0.6 is 0 Å². The number of imidazole rings is 1. The third-order valence-electron chi connectivity index (χ3n) is 6.79. The first-order valence-corrected chi connectivity index (χ1v) is 13.3. The van der Waals surface area contributed by atoms with E-state index < -0.39 is 12.2 Å². The molecule has 1 aliphatic heterocycles. The standard InChI is InChI=1S/C30H33F2N5O3/c1-20-34-24-11-9-21(17-25(24)37(20)19-23-7-5-6-8-26(23)39-28(31)32)22-10-12-27(33-18-22)35-13-15-36(16-14-35)29(38)40-30(2,3)4/h5-12,17-18,28H,13-16,19H2,1-4H3. The average molecular weight is 550 g/mol. The minimum atomic E-state index is -2.89. The number of rotatable bonds is 6. The average Bonchev–Trinajstić information content (AvgIpc) is 3.22. The van der Waals surface area contributed by atoms with Gasteiger partial charge in [0.05, 0.1) is 17.6 Å². The van der Waals surface area contributed by atoms with Gasteiger partial charge in [-0.2, -0.15) is 8.78 Å². The molecule has 1 saturated heterocycles. The van der Waals surface area contributed by atoms with Crippen LogP contribution in [0.3, 0.4) is 0 Å². The predicted octanol–water partition coefficient (Wildman–Crippen LogP) is 6.11. The van der Waals surface area contributed by atoms with Crippen LogP contribution in [0.2, 0.25) is 0 Å². The Hall–Kier alpha value is -4.21. The summed E-state index contributed by atoms with van der Waals surface area (Å²) in [4.78, 5) is 25.6. The highest BCUT2D eigenvalue weighted by Gasteiger charge is 2.26. The summed E-state index contributed by atoms with van der Waals surface area (Å²) in [6.07, 6.45) is 1.56.